The third-order valence-corrected chi connectivity index (χ3v) is 4.08. The molecule has 0 fully saturated rings. The molecule has 2 aromatic carbocycles. The van der Waals surface area contributed by atoms with Gasteiger partial charge in [-0.05, 0) is 46.9 Å². The van der Waals surface area contributed by atoms with E-state index in [-0.39, 0.29) is 16.8 Å². The summed E-state index contributed by atoms with van der Waals surface area (Å²) in [6, 6.07) is 12.7. The monoisotopic (exact) mass is 382 g/mol. The van der Waals surface area contributed by atoms with Gasteiger partial charge in [-0.2, -0.15) is 0 Å². The van der Waals surface area contributed by atoms with Crippen molar-refractivity contribution < 1.29 is 19.2 Å². The van der Waals surface area contributed by atoms with Gasteiger partial charge in [-0.15, -0.1) is 0 Å². The molecule has 146 valence electrons. The summed E-state index contributed by atoms with van der Waals surface area (Å²) in [4.78, 5) is 34.8. The fourth-order valence-electron chi connectivity index (χ4n) is 2.43. The number of nitrogens with one attached hydrogen (secondary N) is 1. The topological polar surface area (TPSA) is 98.5 Å². The number of methoxy groups -OCH3 is 1. The molecule has 0 bridgehead atoms. The number of nitro groups is 1. The number of rotatable bonds is 5. The van der Waals surface area contributed by atoms with Crippen molar-refractivity contribution in [3.8, 4) is 0 Å². The average Bonchev–Trinajstić information content (AvgIpc) is 2.66. The number of hydrogen-bond acceptors (Lipinski definition) is 5. The van der Waals surface area contributed by atoms with Gasteiger partial charge in [-0.1, -0.05) is 32.9 Å². The van der Waals surface area contributed by atoms with Crippen molar-refractivity contribution in [1.82, 2.24) is 5.32 Å². The highest BCUT2D eigenvalue weighted by Gasteiger charge is 2.17. The van der Waals surface area contributed by atoms with Gasteiger partial charge in [0.15, 0.2) is 0 Å². The molecule has 0 aromatic heterocycles. The number of amides is 1. The van der Waals surface area contributed by atoms with Crippen LogP contribution < -0.4 is 5.32 Å². The average molecular weight is 382 g/mol. The van der Waals surface area contributed by atoms with Gasteiger partial charge in [0.05, 0.1) is 12.0 Å². The third kappa shape index (κ3) is 5.26. The SMILES string of the molecule is COC(=O)/C(=C\c1ccc([N+](=O)[O-])cc1)NC(=O)c1ccc(C(C)(C)C)cc1. The van der Waals surface area contributed by atoms with Crippen molar-refractivity contribution in [1.29, 1.82) is 0 Å². The van der Waals surface area contributed by atoms with Crippen LogP contribution in [0.25, 0.3) is 6.08 Å². The van der Waals surface area contributed by atoms with Crippen molar-refractivity contribution in [2.75, 3.05) is 7.11 Å². The van der Waals surface area contributed by atoms with Crippen LogP contribution in [0, 0.1) is 10.1 Å². The molecule has 0 spiro atoms. The first-order valence-corrected chi connectivity index (χ1v) is 8.58. The molecule has 0 unspecified atom stereocenters. The van der Waals surface area contributed by atoms with E-state index >= 15 is 0 Å². The summed E-state index contributed by atoms with van der Waals surface area (Å²) in [6.45, 7) is 6.22. The molecule has 1 N–H and O–H groups in total. The van der Waals surface area contributed by atoms with Crippen LogP contribution in [0.3, 0.4) is 0 Å². The van der Waals surface area contributed by atoms with Crippen LogP contribution in [0.5, 0.6) is 0 Å². The van der Waals surface area contributed by atoms with Gasteiger partial charge in [0.1, 0.15) is 5.70 Å². The maximum Gasteiger partial charge on any atom is 0.354 e. The first-order valence-electron chi connectivity index (χ1n) is 8.58. The van der Waals surface area contributed by atoms with E-state index in [0.717, 1.165) is 5.56 Å². The molecule has 0 radical (unpaired) electrons. The Morgan fingerprint density at radius 1 is 1.04 bits per heavy atom. The number of carbonyl (C=O) groups is 2. The Hall–Kier alpha value is -3.48. The van der Waals surface area contributed by atoms with Crippen LogP contribution in [0.2, 0.25) is 0 Å². The van der Waals surface area contributed by atoms with Crippen molar-refractivity contribution in [3.63, 3.8) is 0 Å². The van der Waals surface area contributed by atoms with E-state index in [9.17, 15) is 19.7 Å². The quantitative estimate of drug-likeness (QED) is 0.367. The zero-order valence-electron chi connectivity index (χ0n) is 16.2. The van der Waals surface area contributed by atoms with Crippen LogP contribution in [0.15, 0.2) is 54.2 Å². The van der Waals surface area contributed by atoms with E-state index in [1.54, 1.807) is 12.1 Å². The molecule has 0 atom stereocenters. The van der Waals surface area contributed by atoms with E-state index in [2.05, 4.69) is 26.1 Å². The summed E-state index contributed by atoms with van der Waals surface area (Å²) >= 11 is 0. The number of nitro benzene ring substituents is 1. The molecule has 0 saturated carbocycles. The first-order chi connectivity index (χ1) is 13.1. The lowest BCUT2D eigenvalue weighted by atomic mass is 9.87. The Morgan fingerprint density at radius 3 is 2.07 bits per heavy atom. The maximum atomic E-state index is 12.5. The lowest BCUT2D eigenvalue weighted by molar-refractivity contribution is -0.384. The minimum absolute atomic E-state index is 0.0397. The molecule has 2 aromatic rings. The predicted octanol–water partition coefficient (Wildman–Crippen LogP) is 3.84. The number of hydrogen-bond donors (Lipinski definition) is 1. The molecule has 0 saturated heterocycles. The second kappa shape index (κ2) is 8.47. The molecule has 7 nitrogen and oxygen atoms in total. The maximum absolute atomic E-state index is 12.5. The van der Waals surface area contributed by atoms with Gasteiger partial charge in [-0.25, -0.2) is 4.79 Å². The number of nitrogens with zero attached hydrogens (tertiary/aromatic N) is 1. The highest BCUT2D eigenvalue weighted by Crippen LogP contribution is 2.22. The van der Waals surface area contributed by atoms with Crippen molar-refractivity contribution in [2.24, 2.45) is 0 Å². The van der Waals surface area contributed by atoms with E-state index in [1.165, 1.54) is 37.5 Å². The fraction of sp³-hybridized carbons (Fsp3) is 0.238. The van der Waals surface area contributed by atoms with Gasteiger partial charge in [0.25, 0.3) is 11.6 Å². The fourth-order valence-corrected chi connectivity index (χ4v) is 2.43. The minimum Gasteiger partial charge on any atom is -0.464 e. The molecule has 0 aliphatic carbocycles. The van der Waals surface area contributed by atoms with Crippen molar-refractivity contribution in [2.45, 2.75) is 26.2 Å². The number of benzene rings is 2. The summed E-state index contributed by atoms with van der Waals surface area (Å²) in [5, 5.41) is 13.3. The van der Waals surface area contributed by atoms with E-state index < -0.39 is 16.8 Å². The highest BCUT2D eigenvalue weighted by atomic mass is 16.6. The van der Waals surface area contributed by atoms with Gasteiger partial charge < -0.3 is 10.1 Å². The van der Waals surface area contributed by atoms with Crippen molar-refractivity contribution in [3.05, 3.63) is 81.0 Å². The number of ether oxygens (including phenoxy) is 1. The summed E-state index contributed by atoms with van der Waals surface area (Å²) in [5.74, 6) is -1.18. The van der Waals surface area contributed by atoms with E-state index in [4.69, 9.17) is 4.74 Å². The van der Waals surface area contributed by atoms with Crippen LogP contribution in [-0.2, 0) is 14.9 Å². The number of carbonyl (C=O) groups excluding carboxylic acids is 2. The summed E-state index contributed by atoms with van der Waals surface area (Å²) in [6.07, 6.45) is 1.40. The molecule has 0 aliphatic heterocycles. The van der Waals surface area contributed by atoms with Crippen LogP contribution in [0.1, 0.15) is 42.3 Å². The van der Waals surface area contributed by atoms with Crippen LogP contribution in [-0.4, -0.2) is 23.9 Å². The molecule has 2 rings (SSSR count). The first kappa shape index (κ1) is 20.8. The number of non-ortho nitro benzene ring substituents is 1. The van der Waals surface area contributed by atoms with Crippen LogP contribution in [0.4, 0.5) is 5.69 Å². The lowest BCUT2D eigenvalue weighted by Gasteiger charge is -2.19. The Kier molecular flexibility index (Phi) is 6.30. The van der Waals surface area contributed by atoms with E-state index in [1.807, 2.05) is 12.1 Å². The van der Waals surface area contributed by atoms with Gasteiger partial charge >= 0.3 is 5.97 Å². The predicted molar refractivity (Wildman–Crippen MR) is 106 cm³/mol. The molecular formula is C21H22N2O5. The van der Waals surface area contributed by atoms with E-state index in [0.29, 0.717) is 11.1 Å². The Balaban J connectivity index is 2.25. The second-order valence-corrected chi connectivity index (χ2v) is 7.18. The molecule has 0 aliphatic rings. The second-order valence-electron chi connectivity index (χ2n) is 7.18. The third-order valence-electron chi connectivity index (χ3n) is 4.08. The Bertz CT molecular complexity index is 907. The summed E-state index contributed by atoms with van der Waals surface area (Å²) in [7, 11) is 1.20. The zero-order valence-corrected chi connectivity index (χ0v) is 16.2. The molecule has 7 heteroatoms. The standard InChI is InChI=1S/C21H22N2O5/c1-21(2,3)16-9-7-15(8-10-16)19(24)22-18(20(25)28-4)13-14-5-11-17(12-6-14)23(26)27/h5-13H,1-4H3,(H,22,24)/b18-13+. The molecule has 0 heterocycles. The van der Waals surface area contributed by atoms with Gasteiger partial charge in [0.2, 0.25) is 0 Å². The van der Waals surface area contributed by atoms with Crippen molar-refractivity contribution >= 4 is 23.6 Å². The molecular weight excluding hydrogens is 360 g/mol. The minimum atomic E-state index is -0.724. The zero-order chi connectivity index (χ0) is 20.9. The Labute approximate surface area is 163 Å². The smallest absolute Gasteiger partial charge is 0.354 e. The highest BCUT2D eigenvalue weighted by molar-refractivity contribution is 6.03. The Morgan fingerprint density at radius 2 is 1.61 bits per heavy atom. The largest absolute Gasteiger partial charge is 0.464 e. The molecule has 28 heavy (non-hydrogen) atoms. The summed E-state index contributed by atoms with van der Waals surface area (Å²) in [5.41, 5.74) is 1.81. The normalized spacial score (nSPS) is 11.6. The summed E-state index contributed by atoms with van der Waals surface area (Å²) < 4.78 is 4.72. The lowest BCUT2D eigenvalue weighted by Crippen LogP contribution is -2.28. The van der Waals surface area contributed by atoms with Gasteiger partial charge in [-0.3, -0.25) is 14.9 Å². The van der Waals surface area contributed by atoms with Gasteiger partial charge in [0, 0.05) is 17.7 Å². The van der Waals surface area contributed by atoms with Crippen LogP contribution >= 0.6 is 0 Å². The number of esters is 1. The molecule has 1 amide bonds.